The number of aromatic amines is 1. The van der Waals surface area contributed by atoms with Gasteiger partial charge in [-0.15, -0.1) is 0 Å². The number of benzene rings is 1. The summed E-state index contributed by atoms with van der Waals surface area (Å²) in [5.74, 6) is 0. The number of rotatable bonds is 6. The maximum absolute atomic E-state index is 12.3. The second-order valence-corrected chi connectivity index (χ2v) is 6.13. The predicted molar refractivity (Wildman–Crippen MR) is 91.2 cm³/mol. The molecule has 2 aromatic rings. The van der Waals surface area contributed by atoms with Crippen LogP contribution in [-0.2, 0) is 6.54 Å². The van der Waals surface area contributed by atoms with Gasteiger partial charge >= 0.3 is 0 Å². The minimum absolute atomic E-state index is 0.0401. The van der Waals surface area contributed by atoms with Crippen LogP contribution in [0.3, 0.4) is 0 Å². The zero-order valence-electron chi connectivity index (χ0n) is 13.3. The van der Waals surface area contributed by atoms with Crippen LogP contribution in [0.1, 0.15) is 25.3 Å². The van der Waals surface area contributed by atoms with E-state index < -0.39 is 0 Å². The van der Waals surface area contributed by atoms with Crippen LogP contribution in [0.5, 0.6) is 0 Å². The highest BCUT2D eigenvalue weighted by atomic mass is 16.1. The maximum atomic E-state index is 12.3. The summed E-state index contributed by atoms with van der Waals surface area (Å²) in [7, 11) is 0. The average Bonchev–Trinajstić information content (AvgIpc) is 3.05. The highest BCUT2D eigenvalue weighted by molar-refractivity contribution is 5.78. The first-order valence-electron chi connectivity index (χ1n) is 8.32. The largest absolute Gasteiger partial charge is 0.322 e. The summed E-state index contributed by atoms with van der Waals surface area (Å²) in [6.07, 6.45) is 2.66. The molecule has 1 aliphatic rings. The Kier molecular flexibility index (Phi) is 4.90. The summed E-state index contributed by atoms with van der Waals surface area (Å²) in [6.45, 7) is 8.47. The fourth-order valence-corrected chi connectivity index (χ4v) is 3.19. The van der Waals surface area contributed by atoms with Gasteiger partial charge in [-0.3, -0.25) is 9.69 Å². The first-order valence-corrected chi connectivity index (χ1v) is 8.32. The molecule has 4 nitrogen and oxygen atoms in total. The number of hydrogen-bond acceptors (Lipinski definition) is 3. The molecule has 118 valence electrons. The van der Waals surface area contributed by atoms with Crippen molar-refractivity contribution in [3.63, 3.8) is 0 Å². The Bertz CT molecular complexity index is 673. The third kappa shape index (κ3) is 3.57. The van der Waals surface area contributed by atoms with Gasteiger partial charge in [-0.25, -0.2) is 0 Å². The Morgan fingerprint density at radius 3 is 2.77 bits per heavy atom. The quantitative estimate of drug-likeness (QED) is 0.890. The Labute approximate surface area is 131 Å². The van der Waals surface area contributed by atoms with Gasteiger partial charge in [0.1, 0.15) is 0 Å². The number of aromatic nitrogens is 1. The van der Waals surface area contributed by atoms with Crippen LogP contribution >= 0.6 is 0 Å². The number of H-pyrrole nitrogens is 1. The molecule has 0 radical (unpaired) electrons. The third-order valence-electron chi connectivity index (χ3n) is 4.60. The molecular formula is C18H25N3O. The average molecular weight is 299 g/mol. The minimum Gasteiger partial charge on any atom is -0.322 e. The number of nitrogens with zero attached hydrogens (tertiary/aromatic N) is 2. The summed E-state index contributed by atoms with van der Waals surface area (Å²) in [5.41, 5.74) is 1.82. The first-order chi connectivity index (χ1) is 10.8. The second kappa shape index (κ2) is 7.07. The molecule has 2 heterocycles. The Morgan fingerprint density at radius 2 is 2.00 bits per heavy atom. The van der Waals surface area contributed by atoms with E-state index >= 15 is 0 Å². The van der Waals surface area contributed by atoms with Gasteiger partial charge in [0, 0.05) is 30.7 Å². The molecule has 1 N–H and O–H groups in total. The van der Waals surface area contributed by atoms with E-state index in [0.717, 1.165) is 42.6 Å². The lowest BCUT2D eigenvalue weighted by Crippen LogP contribution is -2.34. The van der Waals surface area contributed by atoms with Gasteiger partial charge in [-0.05, 0) is 50.0 Å². The van der Waals surface area contributed by atoms with Crippen molar-refractivity contribution in [2.75, 3.05) is 32.7 Å². The molecule has 1 saturated heterocycles. The van der Waals surface area contributed by atoms with Gasteiger partial charge in [-0.1, -0.05) is 25.1 Å². The molecule has 0 saturated carbocycles. The fourth-order valence-electron chi connectivity index (χ4n) is 3.19. The van der Waals surface area contributed by atoms with Crippen LogP contribution in [0.4, 0.5) is 0 Å². The number of nitrogens with one attached hydrogen (secondary N) is 1. The van der Waals surface area contributed by atoms with Crippen LogP contribution in [-0.4, -0.2) is 47.5 Å². The number of hydrogen-bond donors (Lipinski definition) is 1. The molecule has 1 fully saturated rings. The van der Waals surface area contributed by atoms with Crippen LogP contribution in [0, 0.1) is 0 Å². The second-order valence-electron chi connectivity index (χ2n) is 6.13. The zero-order valence-corrected chi connectivity index (χ0v) is 13.3. The van der Waals surface area contributed by atoms with Gasteiger partial charge in [-0.2, -0.15) is 0 Å². The third-order valence-corrected chi connectivity index (χ3v) is 4.60. The zero-order chi connectivity index (χ0) is 15.4. The summed E-state index contributed by atoms with van der Waals surface area (Å²) < 4.78 is 0. The number of pyridine rings is 1. The molecule has 1 aliphatic heterocycles. The Hall–Kier alpha value is -1.65. The van der Waals surface area contributed by atoms with Crippen LogP contribution in [0.15, 0.2) is 35.1 Å². The maximum Gasteiger partial charge on any atom is 0.252 e. The molecule has 0 bridgehead atoms. The first kappa shape index (κ1) is 15.3. The van der Waals surface area contributed by atoms with Gasteiger partial charge in [0.05, 0.1) is 0 Å². The van der Waals surface area contributed by atoms with Crippen molar-refractivity contribution in [2.45, 2.75) is 26.3 Å². The van der Waals surface area contributed by atoms with E-state index in [-0.39, 0.29) is 5.56 Å². The molecule has 4 heteroatoms. The van der Waals surface area contributed by atoms with Gasteiger partial charge in [0.15, 0.2) is 0 Å². The van der Waals surface area contributed by atoms with E-state index in [4.69, 9.17) is 0 Å². The Morgan fingerprint density at radius 1 is 1.23 bits per heavy atom. The van der Waals surface area contributed by atoms with Crippen molar-refractivity contribution >= 4 is 10.9 Å². The van der Waals surface area contributed by atoms with Crippen molar-refractivity contribution < 1.29 is 0 Å². The fraction of sp³-hybridized carbons (Fsp3) is 0.500. The van der Waals surface area contributed by atoms with Gasteiger partial charge < -0.3 is 9.88 Å². The van der Waals surface area contributed by atoms with Crippen molar-refractivity contribution in [1.82, 2.24) is 14.8 Å². The highest BCUT2D eigenvalue weighted by Gasteiger charge is 2.13. The highest BCUT2D eigenvalue weighted by Crippen LogP contribution is 2.12. The van der Waals surface area contributed by atoms with E-state index in [1.165, 1.54) is 25.9 Å². The number of likely N-dealkylation sites (N-methyl/N-ethyl adjacent to an activating group) is 1. The molecule has 1 aromatic carbocycles. The number of fused-ring (bicyclic) bond motifs is 1. The van der Waals surface area contributed by atoms with Crippen molar-refractivity contribution in [1.29, 1.82) is 0 Å². The molecule has 3 rings (SSSR count). The summed E-state index contributed by atoms with van der Waals surface area (Å²) >= 11 is 0. The van der Waals surface area contributed by atoms with Gasteiger partial charge in [0.25, 0.3) is 5.56 Å². The minimum atomic E-state index is 0.0401. The van der Waals surface area contributed by atoms with Crippen molar-refractivity contribution in [3.8, 4) is 0 Å². The lowest BCUT2D eigenvalue weighted by Gasteiger charge is -2.23. The monoisotopic (exact) mass is 299 g/mol. The molecule has 0 aliphatic carbocycles. The van der Waals surface area contributed by atoms with Crippen LogP contribution < -0.4 is 5.56 Å². The molecule has 0 unspecified atom stereocenters. The molecule has 0 spiro atoms. The SMILES string of the molecule is CCN(CCN1CCCC1)Cc1cc2ccccc2[nH]c1=O. The molecule has 1 aromatic heterocycles. The van der Waals surface area contributed by atoms with Crippen molar-refractivity contribution in [2.24, 2.45) is 0 Å². The summed E-state index contributed by atoms with van der Waals surface area (Å²) in [6, 6.07) is 10.00. The number of likely N-dealkylation sites (tertiary alicyclic amines) is 1. The summed E-state index contributed by atoms with van der Waals surface area (Å²) in [4.78, 5) is 20.1. The van der Waals surface area contributed by atoms with Gasteiger partial charge in [0.2, 0.25) is 0 Å². The molecule has 22 heavy (non-hydrogen) atoms. The molecule has 0 atom stereocenters. The van der Waals surface area contributed by atoms with Crippen LogP contribution in [0.2, 0.25) is 0 Å². The van der Waals surface area contributed by atoms with Crippen molar-refractivity contribution in [3.05, 3.63) is 46.2 Å². The van der Waals surface area contributed by atoms with E-state index in [0.29, 0.717) is 0 Å². The summed E-state index contributed by atoms with van der Waals surface area (Å²) in [5, 5.41) is 1.10. The Balaban J connectivity index is 1.69. The number of para-hydroxylation sites is 1. The normalized spacial score (nSPS) is 15.9. The van der Waals surface area contributed by atoms with E-state index in [1.54, 1.807) is 0 Å². The van der Waals surface area contributed by atoms with E-state index in [1.807, 2.05) is 24.3 Å². The molecule has 0 amide bonds. The topological polar surface area (TPSA) is 39.3 Å². The molecular weight excluding hydrogens is 274 g/mol. The smallest absolute Gasteiger partial charge is 0.252 e. The standard InChI is InChI=1S/C18H25N3O/c1-2-20(11-12-21-9-5-6-10-21)14-16-13-15-7-3-4-8-17(15)19-18(16)22/h3-4,7-8,13H,2,5-6,9-12,14H2,1H3,(H,19,22). The lowest BCUT2D eigenvalue weighted by molar-refractivity contribution is 0.226. The van der Waals surface area contributed by atoms with E-state index in [9.17, 15) is 4.79 Å². The lowest BCUT2D eigenvalue weighted by atomic mass is 10.1. The van der Waals surface area contributed by atoms with E-state index in [2.05, 4.69) is 27.8 Å². The van der Waals surface area contributed by atoms with Crippen LogP contribution in [0.25, 0.3) is 10.9 Å². The predicted octanol–water partition coefficient (Wildman–Crippen LogP) is 2.45.